The Kier molecular flexibility index (Phi) is 7.03. The van der Waals surface area contributed by atoms with Gasteiger partial charge in [-0.15, -0.1) is 0 Å². The van der Waals surface area contributed by atoms with Crippen LogP contribution in [0, 0.1) is 6.92 Å². The topological polar surface area (TPSA) is 86.7 Å². The fourth-order valence-corrected chi connectivity index (χ4v) is 4.00. The van der Waals surface area contributed by atoms with Crippen LogP contribution in [-0.2, 0) is 22.5 Å². The van der Waals surface area contributed by atoms with Crippen LogP contribution in [0.1, 0.15) is 37.8 Å². The number of carboxylic acid groups (broad SMARTS) is 1. The van der Waals surface area contributed by atoms with Gasteiger partial charge in [0.2, 0.25) is 5.89 Å². The van der Waals surface area contributed by atoms with Gasteiger partial charge in [0.05, 0.1) is 18.2 Å². The summed E-state index contributed by atoms with van der Waals surface area (Å²) in [6.45, 7) is 8.62. The first-order valence-corrected chi connectivity index (χ1v) is 11.5. The van der Waals surface area contributed by atoms with E-state index in [0.717, 1.165) is 39.2 Å². The molecule has 0 radical (unpaired) electrons. The van der Waals surface area contributed by atoms with Crippen LogP contribution in [0.3, 0.4) is 0 Å². The number of fused-ring (bicyclic) bond motifs is 1. The van der Waals surface area contributed by atoms with Crippen molar-refractivity contribution in [1.29, 1.82) is 0 Å². The predicted octanol–water partition coefficient (Wildman–Crippen LogP) is 5.47. The predicted molar refractivity (Wildman–Crippen MR) is 130 cm³/mol. The number of aliphatic carboxylic acids is 1. The summed E-state index contributed by atoms with van der Waals surface area (Å²) < 4.78 is 19.4. The molecule has 0 spiro atoms. The van der Waals surface area contributed by atoms with E-state index in [1.54, 1.807) is 6.92 Å². The third-order valence-corrected chi connectivity index (χ3v) is 5.59. The largest absolute Gasteiger partial charge is 0.490 e. The highest BCUT2D eigenvalue weighted by Gasteiger charge is 2.19. The van der Waals surface area contributed by atoms with Crippen LogP contribution in [-0.4, -0.2) is 39.4 Å². The van der Waals surface area contributed by atoms with Gasteiger partial charge in [-0.3, -0.25) is 0 Å². The number of aromatic nitrogens is 2. The van der Waals surface area contributed by atoms with Crippen molar-refractivity contribution in [1.82, 2.24) is 9.55 Å². The van der Waals surface area contributed by atoms with Crippen molar-refractivity contribution in [3.05, 3.63) is 71.7 Å². The van der Waals surface area contributed by atoms with E-state index in [2.05, 4.69) is 4.57 Å². The molecule has 7 nitrogen and oxygen atoms in total. The lowest BCUT2D eigenvalue weighted by atomic mass is 10.1. The highest BCUT2D eigenvalue weighted by molar-refractivity contribution is 5.81. The highest BCUT2D eigenvalue weighted by atomic mass is 16.5. The first-order chi connectivity index (χ1) is 16.4. The Morgan fingerprint density at radius 1 is 1.18 bits per heavy atom. The zero-order chi connectivity index (χ0) is 24.2. The maximum Gasteiger partial charge on any atom is 0.333 e. The lowest BCUT2D eigenvalue weighted by Gasteiger charge is -2.12. The summed E-state index contributed by atoms with van der Waals surface area (Å²) >= 11 is 0. The molecule has 0 saturated carbocycles. The van der Waals surface area contributed by atoms with Crippen LogP contribution in [0.5, 0.6) is 5.75 Å². The van der Waals surface area contributed by atoms with Crippen molar-refractivity contribution in [3.8, 4) is 17.2 Å². The Balaban J connectivity index is 1.57. The number of para-hydroxylation sites is 1. The Labute approximate surface area is 198 Å². The molecular formula is C27H30N2O5. The summed E-state index contributed by atoms with van der Waals surface area (Å²) in [5, 5.41) is 10.4. The van der Waals surface area contributed by atoms with Gasteiger partial charge in [-0.05, 0) is 69.0 Å². The molecule has 4 rings (SSSR count). The molecular weight excluding hydrogens is 432 g/mol. The molecule has 178 valence electrons. The average molecular weight is 463 g/mol. The molecule has 2 aromatic heterocycles. The first-order valence-electron chi connectivity index (χ1n) is 11.5. The minimum atomic E-state index is -0.947. The molecule has 1 unspecified atom stereocenters. The smallest absolute Gasteiger partial charge is 0.333 e. The van der Waals surface area contributed by atoms with E-state index in [1.165, 1.54) is 0 Å². The second-order valence-corrected chi connectivity index (χ2v) is 8.51. The minimum Gasteiger partial charge on any atom is -0.490 e. The molecule has 1 N–H and O–H groups in total. The molecule has 2 heterocycles. The Hall–Kier alpha value is -3.58. The molecule has 0 amide bonds. The van der Waals surface area contributed by atoms with Crippen LogP contribution in [0.25, 0.3) is 22.4 Å². The van der Waals surface area contributed by atoms with Gasteiger partial charge < -0.3 is 23.6 Å². The molecule has 0 fully saturated rings. The van der Waals surface area contributed by atoms with E-state index in [4.69, 9.17) is 18.9 Å². The summed E-state index contributed by atoms with van der Waals surface area (Å²) in [4.78, 5) is 16.2. The van der Waals surface area contributed by atoms with E-state index in [-0.39, 0.29) is 6.10 Å². The van der Waals surface area contributed by atoms with Crippen LogP contribution in [0.15, 0.2) is 59.1 Å². The van der Waals surface area contributed by atoms with Crippen molar-refractivity contribution in [2.24, 2.45) is 0 Å². The molecule has 7 heteroatoms. The lowest BCUT2D eigenvalue weighted by Crippen LogP contribution is -2.26. The number of benzene rings is 2. The molecule has 2 aromatic carbocycles. The van der Waals surface area contributed by atoms with Crippen molar-refractivity contribution < 1.29 is 23.8 Å². The monoisotopic (exact) mass is 462 g/mol. The number of rotatable bonds is 10. The summed E-state index contributed by atoms with van der Waals surface area (Å²) in [6.07, 6.45) is 1.54. The molecule has 0 saturated heterocycles. The third kappa shape index (κ3) is 5.15. The van der Waals surface area contributed by atoms with Gasteiger partial charge >= 0.3 is 5.97 Å². The van der Waals surface area contributed by atoms with Gasteiger partial charge in [0.15, 0.2) is 6.10 Å². The normalized spacial score (nSPS) is 12.4. The van der Waals surface area contributed by atoms with Crippen LogP contribution < -0.4 is 4.74 Å². The number of hydrogen-bond donors (Lipinski definition) is 1. The van der Waals surface area contributed by atoms with E-state index in [0.29, 0.717) is 25.5 Å². The maximum absolute atomic E-state index is 11.4. The van der Waals surface area contributed by atoms with Gasteiger partial charge in [0, 0.05) is 24.7 Å². The lowest BCUT2D eigenvalue weighted by molar-refractivity contribution is -0.149. The summed E-state index contributed by atoms with van der Waals surface area (Å²) in [5.41, 5.74) is 3.64. The quantitative estimate of drug-likeness (QED) is 0.336. The van der Waals surface area contributed by atoms with E-state index in [9.17, 15) is 9.90 Å². The summed E-state index contributed by atoms with van der Waals surface area (Å²) in [6, 6.07) is 15.8. The number of nitrogens with zero attached hydrogens (tertiary/aromatic N) is 2. The van der Waals surface area contributed by atoms with Crippen LogP contribution in [0.2, 0.25) is 0 Å². The molecule has 0 aliphatic rings. The number of aryl methyl sites for hydroxylation is 1. The standard InChI is InChI=1S/C27H30N2O5/c1-5-32-25(27(30)31)15-19-10-11-23-20(14-19)12-13-29(23)16-22-18(4)34-26(28-22)21-8-6-7-9-24(21)33-17(2)3/h6-14,17,25H,5,15-16H2,1-4H3,(H,30,31). The molecule has 1 atom stereocenters. The number of carboxylic acids is 1. The van der Waals surface area contributed by atoms with Crippen LogP contribution >= 0.6 is 0 Å². The van der Waals surface area contributed by atoms with Gasteiger partial charge in [-0.2, -0.15) is 0 Å². The third-order valence-electron chi connectivity index (χ3n) is 5.59. The Morgan fingerprint density at radius 3 is 2.71 bits per heavy atom. The zero-order valence-corrected chi connectivity index (χ0v) is 19.9. The molecule has 34 heavy (non-hydrogen) atoms. The van der Waals surface area contributed by atoms with Gasteiger partial charge in [0.25, 0.3) is 0 Å². The number of hydrogen-bond acceptors (Lipinski definition) is 5. The van der Waals surface area contributed by atoms with Crippen molar-refractivity contribution in [2.45, 2.75) is 52.9 Å². The van der Waals surface area contributed by atoms with E-state index in [1.807, 2.05) is 75.5 Å². The Morgan fingerprint density at radius 2 is 1.97 bits per heavy atom. The highest BCUT2D eigenvalue weighted by Crippen LogP contribution is 2.32. The first kappa shape index (κ1) is 23.6. The molecule has 0 aliphatic carbocycles. The Bertz CT molecular complexity index is 1290. The maximum atomic E-state index is 11.4. The second-order valence-electron chi connectivity index (χ2n) is 8.51. The van der Waals surface area contributed by atoms with Crippen molar-refractivity contribution >= 4 is 16.9 Å². The van der Waals surface area contributed by atoms with Crippen molar-refractivity contribution in [2.75, 3.05) is 6.61 Å². The van der Waals surface area contributed by atoms with Crippen LogP contribution in [0.4, 0.5) is 0 Å². The summed E-state index contributed by atoms with van der Waals surface area (Å²) in [5.74, 6) is 1.10. The summed E-state index contributed by atoms with van der Waals surface area (Å²) in [7, 11) is 0. The van der Waals surface area contributed by atoms with E-state index < -0.39 is 12.1 Å². The fraction of sp³-hybridized carbons (Fsp3) is 0.333. The molecule has 0 aliphatic heterocycles. The second kappa shape index (κ2) is 10.1. The van der Waals surface area contributed by atoms with Gasteiger partial charge in [-0.1, -0.05) is 18.2 Å². The fourth-order valence-electron chi connectivity index (χ4n) is 4.00. The SMILES string of the molecule is CCOC(Cc1ccc2c(ccn2Cc2nc(-c3ccccc3OC(C)C)oc2C)c1)C(=O)O. The number of carbonyl (C=O) groups is 1. The molecule has 4 aromatic rings. The minimum absolute atomic E-state index is 0.0483. The number of ether oxygens (including phenoxy) is 2. The number of oxazole rings is 1. The van der Waals surface area contributed by atoms with Gasteiger partial charge in [0.1, 0.15) is 17.2 Å². The molecule has 0 bridgehead atoms. The van der Waals surface area contributed by atoms with E-state index >= 15 is 0 Å². The van der Waals surface area contributed by atoms with Crippen molar-refractivity contribution in [3.63, 3.8) is 0 Å². The van der Waals surface area contributed by atoms with Gasteiger partial charge in [-0.25, -0.2) is 9.78 Å². The zero-order valence-electron chi connectivity index (χ0n) is 19.9. The average Bonchev–Trinajstić information content (AvgIpc) is 3.36.